The third-order valence-electron chi connectivity index (χ3n) is 3.70. The van der Waals surface area contributed by atoms with Crippen LogP contribution in [0.15, 0.2) is 66.9 Å². The fraction of sp³-hybridized carbons (Fsp3) is 0.0500. The lowest BCUT2D eigenvalue weighted by Crippen LogP contribution is -2.18. The van der Waals surface area contributed by atoms with E-state index in [9.17, 15) is 9.59 Å². The highest BCUT2D eigenvalue weighted by Crippen LogP contribution is 2.20. The fourth-order valence-electron chi connectivity index (χ4n) is 2.46. The van der Waals surface area contributed by atoms with E-state index in [4.69, 9.17) is 11.6 Å². The minimum absolute atomic E-state index is 0.103. The molecule has 0 saturated carbocycles. The highest BCUT2D eigenvalue weighted by Gasteiger charge is 2.16. The highest BCUT2D eigenvalue weighted by atomic mass is 35.5. The van der Waals surface area contributed by atoms with Crippen molar-refractivity contribution in [2.45, 2.75) is 6.92 Å². The molecule has 2 N–H and O–H groups in total. The van der Waals surface area contributed by atoms with Crippen LogP contribution in [0.25, 0.3) is 0 Å². The Bertz CT molecular complexity index is 973. The van der Waals surface area contributed by atoms with Gasteiger partial charge in [0.15, 0.2) is 0 Å². The molecule has 1 heterocycles. The zero-order chi connectivity index (χ0) is 18.5. The monoisotopic (exact) mass is 365 g/mol. The normalized spacial score (nSPS) is 10.2. The Balaban J connectivity index is 1.83. The van der Waals surface area contributed by atoms with Gasteiger partial charge in [0.05, 0.1) is 16.8 Å². The fourth-order valence-corrected chi connectivity index (χ4v) is 2.66. The van der Waals surface area contributed by atoms with Crippen molar-refractivity contribution in [1.82, 2.24) is 4.98 Å². The van der Waals surface area contributed by atoms with E-state index in [0.717, 1.165) is 5.56 Å². The van der Waals surface area contributed by atoms with E-state index in [1.165, 1.54) is 6.20 Å². The Kier molecular flexibility index (Phi) is 5.29. The van der Waals surface area contributed by atoms with Crippen molar-refractivity contribution < 1.29 is 9.59 Å². The van der Waals surface area contributed by atoms with Gasteiger partial charge in [0.25, 0.3) is 11.8 Å². The summed E-state index contributed by atoms with van der Waals surface area (Å²) in [4.78, 5) is 29.0. The Hall–Kier alpha value is -3.18. The van der Waals surface area contributed by atoms with Gasteiger partial charge in [-0.15, -0.1) is 0 Å². The van der Waals surface area contributed by atoms with Crippen molar-refractivity contribution in [3.63, 3.8) is 0 Å². The standard InChI is InChI=1S/C20H16ClN3O2/c1-13-6-4-7-14(12-13)23-19(25)15-8-2-3-10-17(15)24-20(26)16-9-5-11-22-18(16)21/h2-12H,1H3,(H,23,25)(H,24,26). The lowest BCUT2D eigenvalue weighted by Gasteiger charge is -2.12. The third-order valence-corrected chi connectivity index (χ3v) is 4.00. The molecule has 2 amide bonds. The van der Waals surface area contributed by atoms with Crippen LogP contribution < -0.4 is 10.6 Å². The number of halogens is 1. The lowest BCUT2D eigenvalue weighted by molar-refractivity contribution is 0.102. The summed E-state index contributed by atoms with van der Waals surface area (Å²) in [5, 5.41) is 5.66. The molecule has 6 heteroatoms. The molecule has 0 bridgehead atoms. The van der Waals surface area contributed by atoms with Crippen molar-refractivity contribution >= 4 is 34.8 Å². The van der Waals surface area contributed by atoms with Gasteiger partial charge in [-0.2, -0.15) is 0 Å². The molecular weight excluding hydrogens is 350 g/mol. The molecule has 0 atom stereocenters. The first-order valence-electron chi connectivity index (χ1n) is 7.93. The van der Waals surface area contributed by atoms with E-state index in [1.54, 1.807) is 36.4 Å². The summed E-state index contributed by atoms with van der Waals surface area (Å²) in [7, 11) is 0. The van der Waals surface area contributed by atoms with Gasteiger partial charge in [0.1, 0.15) is 5.15 Å². The summed E-state index contributed by atoms with van der Waals surface area (Å²) in [6, 6.07) is 17.5. The zero-order valence-corrected chi connectivity index (χ0v) is 14.7. The van der Waals surface area contributed by atoms with Crippen molar-refractivity contribution in [1.29, 1.82) is 0 Å². The predicted molar refractivity (Wildman–Crippen MR) is 103 cm³/mol. The molecule has 0 aliphatic carbocycles. The Labute approximate surface area is 156 Å². The second kappa shape index (κ2) is 7.80. The van der Waals surface area contributed by atoms with Crippen LogP contribution in [0.1, 0.15) is 26.3 Å². The number of carbonyl (C=O) groups is 2. The van der Waals surface area contributed by atoms with Crippen molar-refractivity contribution in [3.8, 4) is 0 Å². The zero-order valence-electron chi connectivity index (χ0n) is 14.0. The summed E-state index contributed by atoms with van der Waals surface area (Å²) in [6.45, 7) is 1.95. The van der Waals surface area contributed by atoms with Gasteiger partial charge in [-0.3, -0.25) is 9.59 Å². The summed E-state index contributed by atoms with van der Waals surface area (Å²) in [6.07, 6.45) is 1.50. The minimum Gasteiger partial charge on any atom is -0.322 e. The second-order valence-corrected chi connectivity index (χ2v) is 6.02. The summed E-state index contributed by atoms with van der Waals surface area (Å²) in [5.41, 5.74) is 2.70. The summed E-state index contributed by atoms with van der Waals surface area (Å²) in [5.74, 6) is -0.748. The number of pyridine rings is 1. The van der Waals surface area contributed by atoms with Gasteiger partial charge in [0, 0.05) is 11.9 Å². The molecule has 0 aliphatic heterocycles. The van der Waals surface area contributed by atoms with Gasteiger partial charge >= 0.3 is 0 Å². The van der Waals surface area contributed by atoms with Crippen LogP contribution >= 0.6 is 11.6 Å². The van der Waals surface area contributed by atoms with Gasteiger partial charge in [-0.1, -0.05) is 35.9 Å². The lowest BCUT2D eigenvalue weighted by atomic mass is 10.1. The van der Waals surface area contributed by atoms with Gasteiger partial charge in [0.2, 0.25) is 0 Å². The van der Waals surface area contributed by atoms with E-state index in [1.807, 2.05) is 31.2 Å². The molecule has 0 radical (unpaired) electrons. The third kappa shape index (κ3) is 4.07. The molecule has 0 saturated heterocycles. The molecule has 3 aromatic rings. The number of carbonyl (C=O) groups excluding carboxylic acids is 2. The van der Waals surface area contributed by atoms with E-state index in [2.05, 4.69) is 15.6 Å². The highest BCUT2D eigenvalue weighted by molar-refractivity contribution is 6.33. The van der Waals surface area contributed by atoms with Crippen molar-refractivity contribution in [2.75, 3.05) is 10.6 Å². The first-order valence-corrected chi connectivity index (χ1v) is 8.31. The van der Waals surface area contributed by atoms with Crippen LogP contribution in [0.4, 0.5) is 11.4 Å². The molecule has 5 nitrogen and oxygen atoms in total. The molecule has 130 valence electrons. The molecule has 1 aromatic heterocycles. The largest absolute Gasteiger partial charge is 0.322 e. The van der Waals surface area contributed by atoms with E-state index < -0.39 is 5.91 Å². The van der Waals surface area contributed by atoms with Crippen LogP contribution in [0, 0.1) is 6.92 Å². The van der Waals surface area contributed by atoms with Crippen molar-refractivity contribution in [2.24, 2.45) is 0 Å². The summed E-state index contributed by atoms with van der Waals surface area (Å²) < 4.78 is 0. The number of benzene rings is 2. The van der Waals surface area contributed by atoms with E-state index in [0.29, 0.717) is 16.9 Å². The van der Waals surface area contributed by atoms with Crippen LogP contribution in [-0.2, 0) is 0 Å². The maximum atomic E-state index is 12.6. The van der Waals surface area contributed by atoms with Crippen LogP contribution in [-0.4, -0.2) is 16.8 Å². The second-order valence-electron chi connectivity index (χ2n) is 5.67. The molecular formula is C20H16ClN3O2. The van der Waals surface area contributed by atoms with E-state index in [-0.39, 0.29) is 16.6 Å². The number of hydrogen-bond acceptors (Lipinski definition) is 3. The number of rotatable bonds is 4. The molecule has 2 aromatic carbocycles. The Morgan fingerprint density at radius 1 is 0.885 bits per heavy atom. The summed E-state index contributed by atoms with van der Waals surface area (Å²) >= 11 is 5.96. The Morgan fingerprint density at radius 3 is 2.38 bits per heavy atom. The van der Waals surface area contributed by atoms with Gasteiger partial charge < -0.3 is 10.6 Å². The average Bonchev–Trinajstić information content (AvgIpc) is 2.62. The number of aromatic nitrogens is 1. The molecule has 0 unspecified atom stereocenters. The van der Waals surface area contributed by atoms with E-state index >= 15 is 0 Å². The van der Waals surface area contributed by atoms with Crippen LogP contribution in [0.3, 0.4) is 0 Å². The molecule has 3 rings (SSSR count). The predicted octanol–water partition coefficient (Wildman–Crippen LogP) is 4.55. The molecule has 0 fully saturated rings. The quantitative estimate of drug-likeness (QED) is 0.666. The SMILES string of the molecule is Cc1cccc(NC(=O)c2ccccc2NC(=O)c2cccnc2Cl)c1. The van der Waals surface area contributed by atoms with Crippen LogP contribution in [0.2, 0.25) is 5.15 Å². The molecule has 0 spiro atoms. The molecule has 0 aliphatic rings. The molecule has 26 heavy (non-hydrogen) atoms. The number of hydrogen-bond donors (Lipinski definition) is 2. The first-order chi connectivity index (χ1) is 12.5. The number of aryl methyl sites for hydroxylation is 1. The van der Waals surface area contributed by atoms with Crippen molar-refractivity contribution in [3.05, 3.63) is 88.7 Å². The number of para-hydroxylation sites is 1. The topological polar surface area (TPSA) is 71.1 Å². The number of amides is 2. The number of nitrogens with zero attached hydrogens (tertiary/aromatic N) is 1. The number of anilines is 2. The Morgan fingerprint density at radius 2 is 1.62 bits per heavy atom. The van der Waals surface area contributed by atoms with Gasteiger partial charge in [-0.25, -0.2) is 4.98 Å². The minimum atomic E-state index is -0.432. The smallest absolute Gasteiger partial charge is 0.258 e. The first kappa shape index (κ1) is 17.6. The average molecular weight is 366 g/mol. The maximum Gasteiger partial charge on any atom is 0.258 e. The maximum absolute atomic E-state index is 12.6. The van der Waals surface area contributed by atoms with Crippen LogP contribution in [0.5, 0.6) is 0 Å². The number of nitrogens with one attached hydrogen (secondary N) is 2. The van der Waals surface area contributed by atoms with Gasteiger partial charge in [-0.05, 0) is 48.9 Å².